The third kappa shape index (κ3) is 5.00. The Kier molecular flexibility index (Phi) is 7.49. The molecule has 0 fully saturated rings. The Bertz CT molecular complexity index is 1660. The number of nitro benzene ring substituents is 1. The van der Waals surface area contributed by atoms with Crippen molar-refractivity contribution in [2.45, 2.75) is 19.9 Å². The van der Waals surface area contributed by atoms with Gasteiger partial charge in [0, 0.05) is 32.5 Å². The van der Waals surface area contributed by atoms with Crippen molar-refractivity contribution in [3.05, 3.63) is 91.8 Å². The molecule has 0 saturated heterocycles. The highest BCUT2D eigenvalue weighted by atomic mass is 16.6. The molecular weight excluding hydrogens is 482 g/mol. The molecule has 0 atom stereocenters. The first-order chi connectivity index (χ1) is 17.9. The number of aryl methyl sites for hydroxylation is 1. The number of hydrogen-bond donors (Lipinski definition) is 0. The maximum absolute atomic E-state index is 13.3. The van der Waals surface area contributed by atoms with E-state index in [1.807, 2.05) is 0 Å². The van der Waals surface area contributed by atoms with Gasteiger partial charge in [-0.25, -0.2) is 9.78 Å². The van der Waals surface area contributed by atoms with Crippen molar-refractivity contribution in [3.8, 4) is 0 Å². The highest BCUT2D eigenvalue weighted by molar-refractivity contribution is 6.00. The van der Waals surface area contributed by atoms with Crippen molar-refractivity contribution in [1.29, 1.82) is 0 Å². The zero-order valence-corrected chi connectivity index (χ0v) is 20.1. The van der Waals surface area contributed by atoms with Crippen LogP contribution in [0, 0.1) is 10.1 Å². The first-order valence-corrected chi connectivity index (χ1v) is 11.4. The lowest BCUT2D eigenvalue weighted by Crippen LogP contribution is -2.33. The van der Waals surface area contributed by atoms with Crippen LogP contribution in [-0.2, 0) is 16.0 Å². The second kappa shape index (κ2) is 10.9. The van der Waals surface area contributed by atoms with Crippen LogP contribution in [-0.4, -0.2) is 51.1 Å². The lowest BCUT2D eigenvalue weighted by Gasteiger charge is -2.15. The fraction of sp³-hybridized carbons (Fsp3) is 0.240. The molecule has 0 aliphatic carbocycles. The molecule has 3 aromatic heterocycles. The second-order valence-corrected chi connectivity index (χ2v) is 7.87. The first-order valence-electron chi connectivity index (χ1n) is 11.4. The second-order valence-electron chi connectivity index (χ2n) is 7.87. The molecule has 12 nitrogen and oxygen atoms in total. The number of nitro groups is 1. The molecule has 4 aromatic rings. The number of methoxy groups -OCH3 is 1. The van der Waals surface area contributed by atoms with E-state index in [4.69, 9.17) is 9.47 Å². The number of pyridine rings is 2. The monoisotopic (exact) mass is 505 g/mol. The van der Waals surface area contributed by atoms with E-state index in [2.05, 4.69) is 9.98 Å². The van der Waals surface area contributed by atoms with Gasteiger partial charge in [-0.15, -0.1) is 0 Å². The summed E-state index contributed by atoms with van der Waals surface area (Å²) in [7, 11) is 1.53. The van der Waals surface area contributed by atoms with Crippen molar-refractivity contribution < 1.29 is 24.0 Å². The number of carbonyl (C=O) groups excluding carboxylic acids is 2. The number of benzene rings is 1. The zero-order valence-electron chi connectivity index (χ0n) is 20.1. The molecule has 4 rings (SSSR count). The van der Waals surface area contributed by atoms with Crippen molar-refractivity contribution >= 4 is 34.2 Å². The summed E-state index contributed by atoms with van der Waals surface area (Å²) >= 11 is 0. The Labute approximate surface area is 209 Å². The van der Waals surface area contributed by atoms with Gasteiger partial charge in [-0.3, -0.25) is 24.1 Å². The van der Waals surface area contributed by atoms with Crippen molar-refractivity contribution in [2.75, 3.05) is 20.3 Å². The molecule has 0 N–H and O–H groups in total. The molecule has 1 aromatic carbocycles. The standard InChI is InChI=1S/C25H23N5O7/c1-3-37-25(33)18-15-17-21(26-20-11-6-7-12-28(20)24(17)32)29(13-8-14-36-2)22(18)27-23(31)16-9-4-5-10-19(16)30(34)35/h4-7,9-12,15H,3,8,13-14H2,1-2H3. The highest BCUT2D eigenvalue weighted by Crippen LogP contribution is 2.19. The van der Waals surface area contributed by atoms with Gasteiger partial charge in [0.05, 0.1) is 16.9 Å². The first kappa shape index (κ1) is 25.4. The maximum Gasteiger partial charge on any atom is 0.341 e. The van der Waals surface area contributed by atoms with Crippen LogP contribution in [0.5, 0.6) is 0 Å². The van der Waals surface area contributed by atoms with Gasteiger partial charge in [0.1, 0.15) is 22.4 Å². The number of rotatable bonds is 8. The summed E-state index contributed by atoms with van der Waals surface area (Å²) in [6, 6.07) is 11.7. The fourth-order valence-electron chi connectivity index (χ4n) is 3.91. The minimum absolute atomic E-state index is 0.0348. The number of hydrogen-bond acceptors (Lipinski definition) is 8. The van der Waals surface area contributed by atoms with E-state index in [1.54, 1.807) is 31.3 Å². The van der Waals surface area contributed by atoms with Gasteiger partial charge in [0.15, 0.2) is 5.49 Å². The van der Waals surface area contributed by atoms with Gasteiger partial charge >= 0.3 is 5.97 Å². The summed E-state index contributed by atoms with van der Waals surface area (Å²) in [6.07, 6.45) is 1.99. The predicted molar refractivity (Wildman–Crippen MR) is 132 cm³/mol. The molecule has 37 heavy (non-hydrogen) atoms. The van der Waals surface area contributed by atoms with Gasteiger partial charge in [-0.05, 0) is 37.6 Å². The predicted octanol–water partition coefficient (Wildman–Crippen LogP) is 2.51. The van der Waals surface area contributed by atoms with E-state index in [-0.39, 0.29) is 40.8 Å². The number of amides is 1. The number of nitrogens with zero attached hydrogens (tertiary/aromatic N) is 5. The van der Waals surface area contributed by atoms with Crippen LogP contribution < -0.4 is 11.0 Å². The topological polar surface area (TPSA) is 147 Å². The summed E-state index contributed by atoms with van der Waals surface area (Å²) in [5.41, 5.74) is -0.843. The van der Waals surface area contributed by atoms with Crippen LogP contribution in [0.15, 0.2) is 64.5 Å². The van der Waals surface area contributed by atoms with Crippen LogP contribution in [0.1, 0.15) is 34.1 Å². The molecule has 0 aliphatic rings. The summed E-state index contributed by atoms with van der Waals surface area (Å²) in [4.78, 5) is 59.1. The molecule has 0 spiro atoms. The van der Waals surface area contributed by atoms with Crippen LogP contribution in [0.25, 0.3) is 16.7 Å². The van der Waals surface area contributed by atoms with E-state index in [0.717, 1.165) is 0 Å². The molecule has 190 valence electrons. The van der Waals surface area contributed by atoms with Gasteiger partial charge in [-0.1, -0.05) is 18.2 Å². The van der Waals surface area contributed by atoms with Gasteiger partial charge in [-0.2, -0.15) is 4.99 Å². The lowest BCUT2D eigenvalue weighted by molar-refractivity contribution is -0.385. The molecule has 3 heterocycles. The van der Waals surface area contributed by atoms with Gasteiger partial charge in [0.25, 0.3) is 17.2 Å². The van der Waals surface area contributed by atoms with E-state index in [1.165, 1.54) is 46.4 Å². The van der Waals surface area contributed by atoms with E-state index in [0.29, 0.717) is 18.7 Å². The van der Waals surface area contributed by atoms with Crippen LogP contribution >= 0.6 is 0 Å². The Morgan fingerprint density at radius 3 is 2.62 bits per heavy atom. The molecule has 12 heteroatoms. The minimum atomic E-state index is -0.935. The average Bonchev–Trinajstić information content (AvgIpc) is 2.90. The molecule has 0 aliphatic heterocycles. The number of fused-ring (bicyclic) bond motifs is 2. The number of para-hydroxylation sites is 1. The zero-order chi connectivity index (χ0) is 26.5. The van der Waals surface area contributed by atoms with E-state index < -0.39 is 28.0 Å². The largest absolute Gasteiger partial charge is 0.462 e. The number of aromatic nitrogens is 3. The Balaban J connectivity index is 2.11. The van der Waals surface area contributed by atoms with Crippen LogP contribution in [0.2, 0.25) is 0 Å². The Morgan fingerprint density at radius 2 is 1.89 bits per heavy atom. The quantitative estimate of drug-likeness (QED) is 0.117. The molecule has 0 radical (unpaired) electrons. The van der Waals surface area contributed by atoms with Gasteiger partial charge in [0.2, 0.25) is 0 Å². The number of ether oxygens (including phenoxy) is 2. The average molecular weight is 505 g/mol. The van der Waals surface area contributed by atoms with Crippen molar-refractivity contribution in [2.24, 2.45) is 4.99 Å². The fourth-order valence-corrected chi connectivity index (χ4v) is 3.91. The smallest absolute Gasteiger partial charge is 0.341 e. The number of esters is 1. The summed E-state index contributed by atoms with van der Waals surface area (Å²) in [5.74, 6) is -1.74. The van der Waals surface area contributed by atoms with Crippen molar-refractivity contribution in [3.63, 3.8) is 0 Å². The molecular formula is C25H23N5O7. The lowest BCUT2D eigenvalue weighted by atomic mass is 10.1. The Morgan fingerprint density at radius 1 is 1.14 bits per heavy atom. The molecule has 1 amide bonds. The summed E-state index contributed by atoms with van der Waals surface area (Å²) < 4.78 is 13.2. The third-order valence-electron chi connectivity index (χ3n) is 5.55. The van der Waals surface area contributed by atoms with Crippen LogP contribution in [0.4, 0.5) is 5.69 Å². The molecule has 0 unspecified atom stereocenters. The summed E-state index contributed by atoms with van der Waals surface area (Å²) in [5, 5.41) is 11.6. The normalized spacial score (nSPS) is 11.7. The highest BCUT2D eigenvalue weighted by Gasteiger charge is 2.23. The maximum atomic E-state index is 13.3. The SMILES string of the molecule is CCOC(=O)c1cc2c(=O)n3ccccc3nc2n(CCCOC)c1=NC(=O)c1ccccc1[N+](=O)[O-]. The van der Waals surface area contributed by atoms with Gasteiger partial charge < -0.3 is 14.0 Å². The summed E-state index contributed by atoms with van der Waals surface area (Å²) in [6.45, 7) is 2.16. The third-order valence-corrected chi connectivity index (χ3v) is 5.55. The van der Waals surface area contributed by atoms with E-state index >= 15 is 0 Å². The van der Waals surface area contributed by atoms with E-state index in [9.17, 15) is 24.5 Å². The Hall–Kier alpha value is -4.71. The van der Waals surface area contributed by atoms with Crippen LogP contribution in [0.3, 0.4) is 0 Å². The van der Waals surface area contributed by atoms with Crippen molar-refractivity contribution in [1.82, 2.24) is 14.0 Å². The minimum Gasteiger partial charge on any atom is -0.462 e. The molecule has 0 bridgehead atoms. The molecule has 0 saturated carbocycles. The number of carbonyl (C=O) groups is 2.